The third-order valence-corrected chi connectivity index (χ3v) is 4.42. The van der Waals surface area contributed by atoms with Gasteiger partial charge in [-0.15, -0.1) is 0 Å². The molecule has 1 aromatic carbocycles. The Bertz CT molecular complexity index is 775. The second kappa shape index (κ2) is 7.94. The summed E-state index contributed by atoms with van der Waals surface area (Å²) in [6, 6.07) is 10.00. The smallest absolute Gasteiger partial charge is 0.320 e. The van der Waals surface area contributed by atoms with E-state index < -0.39 is 6.03 Å². The number of nitrogens with zero attached hydrogens (tertiary/aromatic N) is 3. The number of nitrogens with one attached hydrogen (secondary N) is 2. The van der Waals surface area contributed by atoms with Gasteiger partial charge in [-0.05, 0) is 24.4 Å². The fraction of sp³-hybridized carbons (Fsp3) is 0.389. The van der Waals surface area contributed by atoms with Gasteiger partial charge in [-0.3, -0.25) is 15.0 Å². The van der Waals surface area contributed by atoms with E-state index in [0.29, 0.717) is 12.5 Å². The zero-order valence-corrected chi connectivity index (χ0v) is 14.3. The average molecular weight is 341 g/mol. The molecule has 25 heavy (non-hydrogen) atoms. The fourth-order valence-electron chi connectivity index (χ4n) is 3.04. The van der Waals surface area contributed by atoms with E-state index >= 15 is 0 Å². The maximum Gasteiger partial charge on any atom is 0.320 e. The number of carbonyl (C=O) groups excluding carboxylic acids is 1. The molecule has 0 spiro atoms. The number of amides is 2. The van der Waals surface area contributed by atoms with Gasteiger partial charge in [0.05, 0.1) is 0 Å². The van der Waals surface area contributed by atoms with Crippen LogP contribution >= 0.6 is 0 Å². The van der Waals surface area contributed by atoms with E-state index in [1.165, 1.54) is 16.3 Å². The Morgan fingerprint density at radius 2 is 2.12 bits per heavy atom. The molecule has 0 bridgehead atoms. The van der Waals surface area contributed by atoms with E-state index in [2.05, 4.69) is 44.8 Å². The third kappa shape index (κ3) is 4.67. The van der Waals surface area contributed by atoms with Gasteiger partial charge < -0.3 is 9.88 Å². The van der Waals surface area contributed by atoms with Gasteiger partial charge in [0.15, 0.2) is 0 Å². The molecule has 0 aliphatic carbocycles. The van der Waals surface area contributed by atoms with Crippen molar-refractivity contribution in [2.45, 2.75) is 13.0 Å². The van der Waals surface area contributed by atoms with Crippen LogP contribution in [0.15, 0.2) is 47.5 Å². The number of carbonyl (C=O) groups is 1. The number of aryl methyl sites for hydroxylation is 1. The molecular formula is C18H23N5O2. The Balaban J connectivity index is 1.44. The van der Waals surface area contributed by atoms with Crippen molar-refractivity contribution >= 4 is 11.8 Å². The second-order valence-corrected chi connectivity index (χ2v) is 6.40. The van der Waals surface area contributed by atoms with Crippen molar-refractivity contribution in [3.63, 3.8) is 0 Å². The molecular weight excluding hydrogens is 318 g/mol. The van der Waals surface area contributed by atoms with Crippen molar-refractivity contribution in [3.8, 4) is 0 Å². The monoisotopic (exact) mass is 341 g/mol. The molecule has 3 rings (SSSR count). The molecule has 0 saturated carbocycles. The highest BCUT2D eigenvalue weighted by Gasteiger charge is 2.22. The molecule has 1 saturated heterocycles. The number of anilines is 1. The van der Waals surface area contributed by atoms with Crippen LogP contribution < -0.4 is 16.2 Å². The van der Waals surface area contributed by atoms with Crippen molar-refractivity contribution in [2.24, 2.45) is 13.0 Å². The van der Waals surface area contributed by atoms with Crippen LogP contribution in [0.1, 0.15) is 12.0 Å². The Morgan fingerprint density at radius 1 is 1.32 bits per heavy atom. The number of urea groups is 1. The largest absolute Gasteiger partial charge is 0.337 e. The van der Waals surface area contributed by atoms with Gasteiger partial charge in [0.2, 0.25) is 5.82 Å². The van der Waals surface area contributed by atoms with E-state index in [-0.39, 0.29) is 11.4 Å². The molecule has 2 amide bonds. The first-order valence-corrected chi connectivity index (χ1v) is 8.44. The minimum Gasteiger partial charge on any atom is -0.337 e. The minimum absolute atomic E-state index is 0.0413. The highest BCUT2D eigenvalue weighted by molar-refractivity contribution is 5.87. The first-order chi connectivity index (χ1) is 12.1. The standard InChI is InChI=1S/C18H23N5O2/c1-22-10-8-19-16(17(22)24)21-18(25)20-11-15-7-9-23(13-15)12-14-5-3-2-4-6-14/h2-6,8,10,15H,7,9,11-13H2,1H3,(H2,19,20,21,25). The van der Waals surface area contributed by atoms with Gasteiger partial charge in [-0.1, -0.05) is 30.3 Å². The van der Waals surface area contributed by atoms with Crippen LogP contribution in [0.3, 0.4) is 0 Å². The predicted octanol–water partition coefficient (Wildman–Crippen LogP) is 1.42. The van der Waals surface area contributed by atoms with Crippen molar-refractivity contribution in [2.75, 3.05) is 25.0 Å². The van der Waals surface area contributed by atoms with Gasteiger partial charge in [0.1, 0.15) is 0 Å². The summed E-state index contributed by atoms with van der Waals surface area (Å²) in [4.78, 5) is 30.1. The Morgan fingerprint density at radius 3 is 2.92 bits per heavy atom. The lowest BCUT2D eigenvalue weighted by atomic mass is 10.1. The summed E-state index contributed by atoms with van der Waals surface area (Å²) < 4.78 is 1.38. The number of hydrogen-bond donors (Lipinski definition) is 2. The Labute approximate surface area is 146 Å². The van der Waals surface area contributed by atoms with Crippen molar-refractivity contribution in [1.82, 2.24) is 19.8 Å². The molecule has 7 heteroatoms. The van der Waals surface area contributed by atoms with Crippen molar-refractivity contribution in [1.29, 1.82) is 0 Å². The lowest BCUT2D eigenvalue weighted by Gasteiger charge is -2.16. The average Bonchev–Trinajstić information content (AvgIpc) is 3.05. The molecule has 1 atom stereocenters. The maximum absolute atomic E-state index is 12.0. The second-order valence-electron chi connectivity index (χ2n) is 6.40. The molecule has 7 nitrogen and oxygen atoms in total. The Kier molecular flexibility index (Phi) is 5.45. The van der Waals surface area contributed by atoms with E-state index in [1.807, 2.05) is 6.07 Å². The maximum atomic E-state index is 12.0. The van der Waals surface area contributed by atoms with E-state index in [9.17, 15) is 9.59 Å². The highest BCUT2D eigenvalue weighted by atomic mass is 16.2. The summed E-state index contributed by atoms with van der Waals surface area (Å²) in [5.41, 5.74) is 0.979. The first-order valence-electron chi connectivity index (χ1n) is 8.44. The fourth-order valence-corrected chi connectivity index (χ4v) is 3.04. The molecule has 2 aromatic rings. The molecule has 1 unspecified atom stereocenters. The van der Waals surface area contributed by atoms with Gasteiger partial charge >= 0.3 is 6.03 Å². The van der Waals surface area contributed by atoms with Crippen LogP contribution in [0.25, 0.3) is 0 Å². The number of benzene rings is 1. The van der Waals surface area contributed by atoms with Gasteiger partial charge in [-0.25, -0.2) is 9.78 Å². The van der Waals surface area contributed by atoms with Crippen molar-refractivity contribution < 1.29 is 4.79 Å². The van der Waals surface area contributed by atoms with Crippen LogP contribution in [0.5, 0.6) is 0 Å². The molecule has 1 aromatic heterocycles. The first kappa shape index (κ1) is 17.2. The van der Waals surface area contributed by atoms with E-state index in [1.54, 1.807) is 13.2 Å². The van der Waals surface area contributed by atoms with Crippen molar-refractivity contribution in [3.05, 3.63) is 58.6 Å². The summed E-state index contributed by atoms with van der Waals surface area (Å²) in [6.07, 6.45) is 4.08. The van der Waals surface area contributed by atoms with Crippen LogP contribution in [-0.2, 0) is 13.6 Å². The topological polar surface area (TPSA) is 79.3 Å². The van der Waals surface area contributed by atoms with Crippen LogP contribution in [-0.4, -0.2) is 40.1 Å². The number of hydrogen-bond acceptors (Lipinski definition) is 4. The third-order valence-electron chi connectivity index (χ3n) is 4.42. The molecule has 1 fully saturated rings. The molecule has 2 N–H and O–H groups in total. The van der Waals surface area contributed by atoms with Gasteiger partial charge in [-0.2, -0.15) is 0 Å². The minimum atomic E-state index is -0.391. The summed E-state index contributed by atoms with van der Waals surface area (Å²) in [6.45, 7) is 3.52. The van der Waals surface area contributed by atoms with Gasteiger partial charge in [0, 0.05) is 39.1 Å². The van der Waals surface area contributed by atoms with E-state index in [4.69, 9.17) is 0 Å². The highest BCUT2D eigenvalue weighted by Crippen LogP contribution is 2.18. The quantitative estimate of drug-likeness (QED) is 0.862. The van der Waals surface area contributed by atoms with Gasteiger partial charge in [0.25, 0.3) is 5.56 Å². The zero-order valence-electron chi connectivity index (χ0n) is 14.3. The number of aromatic nitrogens is 2. The molecule has 1 aliphatic heterocycles. The summed E-state index contributed by atoms with van der Waals surface area (Å²) in [7, 11) is 1.62. The van der Waals surface area contributed by atoms with Crippen LogP contribution in [0.4, 0.5) is 10.6 Å². The summed E-state index contributed by atoms with van der Waals surface area (Å²) in [5, 5.41) is 5.36. The summed E-state index contributed by atoms with van der Waals surface area (Å²) in [5.74, 6) is 0.459. The SMILES string of the molecule is Cn1ccnc(NC(=O)NCC2CCN(Cc3ccccc3)C2)c1=O. The summed E-state index contributed by atoms with van der Waals surface area (Å²) >= 11 is 0. The molecule has 1 aliphatic rings. The normalized spacial score (nSPS) is 17.4. The molecule has 2 heterocycles. The number of likely N-dealkylation sites (tertiary alicyclic amines) is 1. The lowest BCUT2D eigenvalue weighted by Crippen LogP contribution is -2.36. The predicted molar refractivity (Wildman–Crippen MR) is 96.3 cm³/mol. The lowest BCUT2D eigenvalue weighted by molar-refractivity contribution is 0.249. The zero-order chi connectivity index (χ0) is 17.6. The molecule has 132 valence electrons. The van der Waals surface area contributed by atoms with Crippen LogP contribution in [0.2, 0.25) is 0 Å². The Hall–Kier alpha value is -2.67. The van der Waals surface area contributed by atoms with E-state index in [0.717, 1.165) is 26.1 Å². The number of rotatable bonds is 5. The molecule has 0 radical (unpaired) electrons. The van der Waals surface area contributed by atoms with Crippen LogP contribution in [0, 0.1) is 5.92 Å².